The normalized spacial score (nSPS) is 20.5. The van der Waals surface area contributed by atoms with Gasteiger partial charge >= 0.3 is 0 Å². The first-order valence-corrected chi connectivity index (χ1v) is 49.7. The number of hydrogen-bond acceptors (Lipinski definition) is 27. The van der Waals surface area contributed by atoms with Gasteiger partial charge in [0.2, 0.25) is 47.4 Å². The van der Waals surface area contributed by atoms with Gasteiger partial charge in [-0.25, -0.2) is 19.9 Å². The molecule has 6 saturated carbocycles. The first kappa shape index (κ1) is 96.9. The van der Waals surface area contributed by atoms with Crippen molar-refractivity contribution in [1.29, 1.82) is 0 Å². The van der Waals surface area contributed by atoms with Crippen LogP contribution in [0.4, 0.5) is 86.9 Å². The molecule has 4 aromatic heterocycles. The van der Waals surface area contributed by atoms with Gasteiger partial charge in [-0.3, -0.25) is 33.6 Å². The van der Waals surface area contributed by atoms with E-state index in [2.05, 4.69) is 106 Å². The van der Waals surface area contributed by atoms with Gasteiger partial charge in [0.1, 0.15) is 40.0 Å². The van der Waals surface area contributed by atoms with Crippen LogP contribution in [0.5, 0.6) is 17.2 Å². The fourth-order valence-electron chi connectivity index (χ4n) is 21.7. The molecule has 0 radical (unpaired) electrons. The molecule has 5 aliphatic heterocycles. The van der Waals surface area contributed by atoms with E-state index in [1.807, 2.05) is 81.0 Å². The van der Waals surface area contributed by atoms with Gasteiger partial charge in [-0.15, -0.1) is 0 Å². The number of aryl methyl sites for hydroxylation is 1. The number of carbonyl (C=O) groups is 7. The number of anilines is 15. The molecule has 0 bridgehead atoms. The summed E-state index contributed by atoms with van der Waals surface area (Å²) in [7, 11) is 15.2. The Hall–Kier alpha value is -12.8. The number of nitrogens with one attached hydrogen (secondary N) is 7. The number of aromatic nitrogens is 8. The summed E-state index contributed by atoms with van der Waals surface area (Å²) in [6.45, 7) is 18.9. The Labute approximate surface area is 810 Å². The van der Waals surface area contributed by atoms with Crippen LogP contribution in [0.1, 0.15) is 231 Å². The minimum absolute atomic E-state index is 0.0489. The minimum Gasteiger partial charge on any atom is -0.495 e. The lowest BCUT2D eigenvalue weighted by Crippen LogP contribution is -2.52. The molecule has 7 amide bonds. The van der Waals surface area contributed by atoms with E-state index in [0.29, 0.717) is 131 Å². The van der Waals surface area contributed by atoms with E-state index in [0.717, 1.165) is 149 Å². The van der Waals surface area contributed by atoms with Crippen molar-refractivity contribution in [2.75, 3.05) is 176 Å². The molecular weight excluding hydrogens is 1750 g/mol. The van der Waals surface area contributed by atoms with Crippen molar-refractivity contribution in [3.05, 3.63) is 131 Å². The molecule has 20 rings (SSSR count). The molecular formula is C104H138N24O10. The Morgan fingerprint density at radius 2 is 0.790 bits per heavy atom. The van der Waals surface area contributed by atoms with Crippen molar-refractivity contribution >= 4 is 128 Å². The molecule has 138 heavy (non-hydrogen) atoms. The number of nitrogens with zero attached hydrogens (tertiary/aromatic N) is 17. The van der Waals surface area contributed by atoms with Crippen molar-refractivity contribution in [2.45, 2.75) is 219 Å². The van der Waals surface area contributed by atoms with Crippen LogP contribution in [0.2, 0.25) is 0 Å². The van der Waals surface area contributed by atoms with Crippen molar-refractivity contribution in [3.8, 4) is 17.2 Å². The van der Waals surface area contributed by atoms with Crippen molar-refractivity contribution in [2.24, 2.45) is 33.5 Å². The van der Waals surface area contributed by atoms with Gasteiger partial charge in [-0.05, 0) is 222 Å². The molecule has 9 heterocycles. The molecule has 4 aromatic carbocycles. The highest BCUT2D eigenvalue weighted by molar-refractivity contribution is 6.05. The lowest BCUT2D eigenvalue weighted by molar-refractivity contribution is -0.132. The summed E-state index contributed by atoms with van der Waals surface area (Å²) >= 11 is 0. The number of fused-ring (bicyclic) bond motifs is 5. The maximum atomic E-state index is 13.4. The number of ether oxygens (including phenoxy) is 3. The standard InChI is InChI=1S/C32H45N7O3.C25H32N6O3.C24H31N5O.C23H30N6O3/c1-32(2)20-39(24-7-5-6-8-24)28-26(37(3)30(32)41)18-33-31(36-28)35-25-12-11-22(17-27(25)42-4)29(40)34-23-13-15-38(16-14-23)19-21-9-10-21;1-26-22(32)16-9-10-18(20(13-16)34-3)28-24-27-14-19-21(29-24)31(17-7-4-5-8-17)15-25(11-6-12-25)23(33)30(19)2;1-24(2)15-29(17-9-5-6-10-17)21-20(28(3)22(24)30)14-25-23(27-21)26-19-13-12-16-8-4-7-11-18(16)19;1-23(2)13-29(12-14-6-7-14)19-17(28(4)21(23)31)11-25-22(27-19)26-16-9-8-15(20(30)24-3)10-18(16)32-5/h11-12,17-18,21,23-24H,5-10,13-16,19-20H2,1-4H3,(H,34,40)(H,33,35,36);9-10,13-14,17H,4-8,11-12,15H2,1-3H3,(H,26,32)(H,27,28,29);4,7-8,11,14,17,19H,5-6,9-10,12-13,15H2,1-3H3,(H,25,26,27);8-11,14H,6-7,12-13H2,1-5H3,(H,24,30)(H,25,26,27)/t;;19-;/m..1./s1. The zero-order chi connectivity index (χ0) is 97.2. The maximum absolute atomic E-state index is 13.4. The zero-order valence-electron chi connectivity index (χ0n) is 83.0. The second kappa shape index (κ2) is 40.7. The van der Waals surface area contributed by atoms with E-state index in [9.17, 15) is 33.6 Å². The number of piperidine rings is 1. The largest absolute Gasteiger partial charge is 0.495 e. The molecule has 12 aliphatic rings. The molecule has 7 N–H and O–H groups in total. The molecule has 1 saturated heterocycles. The molecule has 734 valence electrons. The smallest absolute Gasteiger partial charge is 0.251 e. The summed E-state index contributed by atoms with van der Waals surface area (Å²) in [5.41, 5.74) is 7.45. The van der Waals surface area contributed by atoms with Crippen LogP contribution in [0.25, 0.3) is 0 Å². The van der Waals surface area contributed by atoms with Crippen molar-refractivity contribution in [3.63, 3.8) is 0 Å². The Bertz CT molecular complexity index is 5840. The predicted octanol–water partition coefficient (Wildman–Crippen LogP) is 15.2. The molecule has 34 heteroatoms. The van der Waals surface area contributed by atoms with Gasteiger partial charge in [0.25, 0.3) is 17.7 Å². The third kappa shape index (κ3) is 20.8. The number of benzene rings is 4. The van der Waals surface area contributed by atoms with E-state index in [4.69, 9.17) is 34.1 Å². The van der Waals surface area contributed by atoms with Gasteiger partial charge in [0.05, 0.1) is 90.9 Å². The van der Waals surface area contributed by atoms with E-state index in [1.165, 1.54) is 81.9 Å². The molecule has 1 atom stereocenters. The SMILES string of the molecule is CN1C(=O)C(C)(C)CN(C2CCCC2)c2nc(N[C@@H]3CCc4ccccc43)ncc21.CNC(=O)c1ccc(Nc2ncc3c(n2)N(C2CCCC2)CC2(CCC2)C(=O)N3C)c(OC)c1.CNC(=O)c1ccc(Nc2ncc3c(n2)N(CC2CC2)CC(C)(C)C(=O)N3C)c(OC)c1.COc1cc(C(=O)NC2CCN(CC3CC3)CC2)ccc1Nc1ncc2c(n1)N(C1CCCC1)CC(C)(C)C(=O)N2C. The van der Waals surface area contributed by atoms with Crippen molar-refractivity contribution in [1.82, 2.24) is 60.7 Å². The average Bonchev–Trinajstić information content (AvgIpc) is 1.60. The van der Waals surface area contributed by atoms with Crippen molar-refractivity contribution < 1.29 is 47.8 Å². The van der Waals surface area contributed by atoms with E-state index in [-0.39, 0.29) is 58.8 Å². The highest BCUT2D eigenvalue weighted by atomic mass is 16.5. The monoisotopic (exact) mass is 1880 g/mol. The van der Waals surface area contributed by atoms with Gasteiger partial charge < -0.3 is 95.5 Å². The van der Waals surface area contributed by atoms with Crippen LogP contribution in [0.3, 0.4) is 0 Å². The van der Waals surface area contributed by atoms with Crippen LogP contribution in [0.15, 0.2) is 104 Å². The lowest BCUT2D eigenvalue weighted by atomic mass is 9.67. The fourth-order valence-corrected chi connectivity index (χ4v) is 21.7. The van der Waals surface area contributed by atoms with Crippen LogP contribution in [-0.2, 0) is 25.6 Å². The first-order valence-electron chi connectivity index (χ1n) is 49.7. The third-order valence-corrected chi connectivity index (χ3v) is 30.1. The number of carbonyl (C=O) groups excluding carboxylic acids is 7. The van der Waals surface area contributed by atoms with Gasteiger partial charge in [-0.1, -0.05) is 69.2 Å². The van der Waals surface area contributed by atoms with Crippen LogP contribution in [-0.4, -0.2) is 226 Å². The Balaban J connectivity index is 0.000000128. The summed E-state index contributed by atoms with van der Waals surface area (Å²) in [5.74, 6) is 8.20. The zero-order valence-corrected chi connectivity index (χ0v) is 83.0. The van der Waals surface area contributed by atoms with Gasteiger partial charge in [-0.2, -0.15) is 19.9 Å². The van der Waals surface area contributed by atoms with E-state index in [1.54, 1.807) is 123 Å². The number of hydrogen-bond donors (Lipinski definition) is 7. The predicted molar refractivity (Wildman–Crippen MR) is 540 cm³/mol. The molecule has 0 unspecified atom stereocenters. The molecule has 7 aliphatic carbocycles. The Kier molecular flexibility index (Phi) is 28.6. The maximum Gasteiger partial charge on any atom is 0.251 e. The fraction of sp³-hybridized carbons (Fsp3) is 0.548. The van der Waals surface area contributed by atoms with Crippen LogP contribution in [0, 0.1) is 33.5 Å². The Morgan fingerprint density at radius 1 is 0.413 bits per heavy atom. The highest BCUT2D eigenvalue weighted by Gasteiger charge is 2.52. The molecule has 34 nitrogen and oxygen atoms in total. The summed E-state index contributed by atoms with van der Waals surface area (Å²) in [5, 5.41) is 21.8. The molecule has 8 aromatic rings. The van der Waals surface area contributed by atoms with E-state index >= 15 is 0 Å². The summed E-state index contributed by atoms with van der Waals surface area (Å²) in [4.78, 5) is 146. The second-order valence-corrected chi connectivity index (χ2v) is 41.6. The lowest BCUT2D eigenvalue weighted by Gasteiger charge is -2.44. The minimum atomic E-state index is -0.543. The third-order valence-electron chi connectivity index (χ3n) is 30.1. The summed E-state index contributed by atoms with van der Waals surface area (Å²) < 4.78 is 16.7. The molecule has 7 fully saturated rings. The van der Waals surface area contributed by atoms with Gasteiger partial charge in [0, 0.05) is 136 Å². The first-order chi connectivity index (χ1) is 66.3. The van der Waals surface area contributed by atoms with Crippen LogP contribution >= 0.6 is 0 Å². The highest BCUT2D eigenvalue weighted by Crippen LogP contribution is 2.52. The number of likely N-dealkylation sites (tertiary alicyclic amines) is 1. The second-order valence-electron chi connectivity index (χ2n) is 41.6. The number of methoxy groups -OCH3 is 3. The van der Waals surface area contributed by atoms with E-state index < -0.39 is 16.2 Å². The van der Waals surface area contributed by atoms with Crippen LogP contribution < -0.4 is 90.6 Å². The topological polar surface area (TPSA) is 364 Å². The molecule has 1 spiro atoms. The number of rotatable bonds is 22. The van der Waals surface area contributed by atoms with Gasteiger partial charge in [0.15, 0.2) is 23.3 Å². The number of amides is 7. The average molecular weight is 1880 g/mol. The summed E-state index contributed by atoms with van der Waals surface area (Å²) in [6, 6.07) is 26.0. The summed E-state index contributed by atoms with van der Waals surface area (Å²) in [6.07, 6.45) is 33.3. The quantitative estimate of drug-likeness (QED) is 0.0331. The Morgan fingerprint density at radius 3 is 1.20 bits per heavy atom.